The van der Waals surface area contributed by atoms with E-state index in [4.69, 9.17) is 4.74 Å². The van der Waals surface area contributed by atoms with Crippen LogP contribution in [0.5, 0.6) is 0 Å². The van der Waals surface area contributed by atoms with E-state index in [1.54, 1.807) is 10.8 Å². The highest BCUT2D eigenvalue weighted by atomic mass is 16.5. The lowest BCUT2D eigenvalue weighted by atomic mass is 9.93. The molecule has 138 valence electrons. The molecular formula is C18H28N4O3. The molecule has 0 bridgehead atoms. The number of rotatable bonds is 5. The summed E-state index contributed by atoms with van der Waals surface area (Å²) in [5.74, 6) is -0.331. The molecule has 25 heavy (non-hydrogen) atoms. The molecule has 1 aromatic rings. The zero-order valence-electron chi connectivity index (χ0n) is 15.5. The van der Waals surface area contributed by atoms with Gasteiger partial charge in [-0.05, 0) is 52.5 Å². The van der Waals surface area contributed by atoms with Gasteiger partial charge >= 0.3 is 12.0 Å². The molecule has 1 heterocycles. The monoisotopic (exact) mass is 348 g/mol. The Hall–Kier alpha value is -2.31. The van der Waals surface area contributed by atoms with Crippen molar-refractivity contribution in [2.75, 3.05) is 6.54 Å². The van der Waals surface area contributed by atoms with Gasteiger partial charge in [-0.2, -0.15) is 5.10 Å². The summed E-state index contributed by atoms with van der Waals surface area (Å²) < 4.78 is 7.31. The van der Waals surface area contributed by atoms with Gasteiger partial charge in [0, 0.05) is 37.0 Å². The largest absolute Gasteiger partial charge is 0.459 e. The summed E-state index contributed by atoms with van der Waals surface area (Å²) in [6.45, 7) is 6.38. The Labute approximate surface area is 148 Å². The third-order valence-corrected chi connectivity index (χ3v) is 4.58. The maximum atomic E-state index is 12.0. The third kappa shape index (κ3) is 5.34. The van der Waals surface area contributed by atoms with Gasteiger partial charge in [0.05, 0.1) is 5.69 Å². The maximum absolute atomic E-state index is 12.0. The van der Waals surface area contributed by atoms with Crippen LogP contribution in [-0.4, -0.2) is 40.5 Å². The Morgan fingerprint density at radius 2 is 1.96 bits per heavy atom. The van der Waals surface area contributed by atoms with Crippen LogP contribution < -0.4 is 10.6 Å². The number of carbonyl (C=O) groups is 2. The van der Waals surface area contributed by atoms with Crippen LogP contribution in [0, 0.1) is 13.8 Å². The normalized spacial score (nSPS) is 20.5. The molecule has 0 atom stereocenters. The van der Waals surface area contributed by atoms with Gasteiger partial charge in [-0.3, -0.25) is 4.68 Å². The summed E-state index contributed by atoms with van der Waals surface area (Å²) in [5, 5.41) is 9.99. The Bertz CT molecular complexity index is 643. The quantitative estimate of drug-likeness (QED) is 0.631. The molecule has 0 aliphatic heterocycles. The summed E-state index contributed by atoms with van der Waals surface area (Å²) in [7, 11) is 1.88. The fourth-order valence-corrected chi connectivity index (χ4v) is 3.11. The fraction of sp³-hybridized carbons (Fsp3) is 0.611. The lowest BCUT2D eigenvalue weighted by Gasteiger charge is -2.28. The first-order valence-corrected chi connectivity index (χ1v) is 8.84. The predicted octanol–water partition coefficient (Wildman–Crippen LogP) is 2.22. The molecule has 1 aliphatic rings. The molecule has 7 heteroatoms. The number of nitrogens with zero attached hydrogens (tertiary/aromatic N) is 2. The Balaban J connectivity index is 1.79. The Morgan fingerprint density at radius 1 is 1.28 bits per heavy atom. The second-order valence-electron chi connectivity index (χ2n) is 6.46. The number of ether oxygens (including phenoxy) is 1. The molecule has 2 N–H and O–H groups in total. The second kappa shape index (κ2) is 8.69. The standard InChI is InChI=1S/C18H28N4O3/c1-5-19-18(24)20-14-6-8-15(9-7-14)25-17(23)11-10-16-12(2)21-22(4)13(16)3/h10-11,14-15H,5-9H2,1-4H3,(H2,19,20,24)/b11-10-. The zero-order chi connectivity index (χ0) is 18.4. The minimum absolute atomic E-state index is 0.0828. The summed E-state index contributed by atoms with van der Waals surface area (Å²) >= 11 is 0. The van der Waals surface area contributed by atoms with Crippen LogP contribution in [0.2, 0.25) is 0 Å². The van der Waals surface area contributed by atoms with Gasteiger partial charge in [0.1, 0.15) is 6.10 Å². The summed E-state index contributed by atoms with van der Waals surface area (Å²) in [4.78, 5) is 23.6. The SMILES string of the molecule is CCNC(=O)NC1CCC(OC(=O)/C=C\c2c(C)nn(C)c2C)CC1. The van der Waals surface area contributed by atoms with Crippen LogP contribution in [-0.2, 0) is 16.6 Å². The first-order valence-electron chi connectivity index (χ1n) is 8.84. The molecular weight excluding hydrogens is 320 g/mol. The number of urea groups is 1. The van der Waals surface area contributed by atoms with E-state index in [0.717, 1.165) is 42.6 Å². The van der Waals surface area contributed by atoms with E-state index in [2.05, 4.69) is 15.7 Å². The van der Waals surface area contributed by atoms with Crippen molar-refractivity contribution < 1.29 is 14.3 Å². The topological polar surface area (TPSA) is 85.2 Å². The van der Waals surface area contributed by atoms with Crippen LogP contribution in [0.4, 0.5) is 4.79 Å². The van der Waals surface area contributed by atoms with E-state index in [0.29, 0.717) is 6.54 Å². The van der Waals surface area contributed by atoms with E-state index in [1.807, 2.05) is 27.8 Å². The number of nitrogens with one attached hydrogen (secondary N) is 2. The molecule has 1 fully saturated rings. The van der Waals surface area contributed by atoms with Crippen molar-refractivity contribution in [2.45, 2.75) is 58.6 Å². The van der Waals surface area contributed by atoms with Crippen molar-refractivity contribution in [3.8, 4) is 0 Å². The number of esters is 1. The van der Waals surface area contributed by atoms with E-state index < -0.39 is 0 Å². The van der Waals surface area contributed by atoms with Gasteiger partial charge in [-0.1, -0.05) is 0 Å². The lowest BCUT2D eigenvalue weighted by Crippen LogP contribution is -2.44. The zero-order valence-corrected chi connectivity index (χ0v) is 15.5. The van der Waals surface area contributed by atoms with Gasteiger partial charge in [-0.15, -0.1) is 0 Å². The summed E-state index contributed by atoms with van der Waals surface area (Å²) in [5.41, 5.74) is 2.86. The number of aromatic nitrogens is 2. The molecule has 0 unspecified atom stereocenters. The minimum atomic E-state index is -0.331. The highest BCUT2D eigenvalue weighted by Crippen LogP contribution is 2.22. The number of amides is 2. The first-order chi connectivity index (χ1) is 11.9. The third-order valence-electron chi connectivity index (χ3n) is 4.58. The van der Waals surface area contributed by atoms with Crippen molar-refractivity contribution in [1.82, 2.24) is 20.4 Å². The molecule has 1 saturated carbocycles. The van der Waals surface area contributed by atoms with Gasteiger partial charge in [0.25, 0.3) is 0 Å². The van der Waals surface area contributed by atoms with Crippen LogP contribution in [0.3, 0.4) is 0 Å². The molecule has 7 nitrogen and oxygen atoms in total. The van der Waals surface area contributed by atoms with Crippen LogP contribution >= 0.6 is 0 Å². The highest BCUT2D eigenvalue weighted by Gasteiger charge is 2.24. The van der Waals surface area contributed by atoms with Gasteiger partial charge < -0.3 is 15.4 Å². The molecule has 0 saturated heterocycles. The van der Waals surface area contributed by atoms with Gasteiger partial charge in [-0.25, -0.2) is 9.59 Å². The van der Waals surface area contributed by atoms with E-state index in [9.17, 15) is 9.59 Å². The lowest BCUT2D eigenvalue weighted by molar-refractivity contribution is -0.144. The van der Waals surface area contributed by atoms with Crippen LogP contribution in [0.25, 0.3) is 6.08 Å². The molecule has 0 spiro atoms. The Morgan fingerprint density at radius 3 is 2.52 bits per heavy atom. The van der Waals surface area contributed by atoms with Gasteiger partial charge in [0.2, 0.25) is 0 Å². The fourth-order valence-electron chi connectivity index (χ4n) is 3.11. The van der Waals surface area contributed by atoms with Crippen molar-refractivity contribution in [3.63, 3.8) is 0 Å². The second-order valence-corrected chi connectivity index (χ2v) is 6.46. The first kappa shape index (κ1) is 19.0. The van der Waals surface area contributed by atoms with Crippen molar-refractivity contribution >= 4 is 18.1 Å². The van der Waals surface area contributed by atoms with Crippen LogP contribution in [0.1, 0.15) is 49.6 Å². The predicted molar refractivity (Wildman–Crippen MR) is 96.1 cm³/mol. The molecule has 1 aliphatic carbocycles. The smallest absolute Gasteiger partial charge is 0.331 e. The number of aryl methyl sites for hydroxylation is 2. The molecule has 0 aromatic carbocycles. The molecule has 1 aromatic heterocycles. The van der Waals surface area contributed by atoms with Gasteiger partial charge in [0.15, 0.2) is 0 Å². The Kier molecular flexibility index (Phi) is 6.61. The van der Waals surface area contributed by atoms with Crippen LogP contribution in [0.15, 0.2) is 6.08 Å². The van der Waals surface area contributed by atoms with E-state index in [1.165, 1.54) is 6.08 Å². The number of carbonyl (C=O) groups excluding carboxylic acids is 2. The molecule has 2 rings (SSSR count). The van der Waals surface area contributed by atoms with E-state index >= 15 is 0 Å². The average molecular weight is 348 g/mol. The maximum Gasteiger partial charge on any atom is 0.331 e. The van der Waals surface area contributed by atoms with Crippen molar-refractivity contribution in [2.24, 2.45) is 7.05 Å². The number of hydrogen-bond donors (Lipinski definition) is 2. The van der Waals surface area contributed by atoms with Crippen molar-refractivity contribution in [1.29, 1.82) is 0 Å². The highest BCUT2D eigenvalue weighted by molar-refractivity contribution is 5.87. The average Bonchev–Trinajstić information content (AvgIpc) is 2.80. The summed E-state index contributed by atoms with van der Waals surface area (Å²) in [6, 6.07) is 0.0193. The van der Waals surface area contributed by atoms with Crippen molar-refractivity contribution in [3.05, 3.63) is 23.0 Å². The van der Waals surface area contributed by atoms with E-state index in [-0.39, 0.29) is 24.1 Å². The molecule has 0 radical (unpaired) electrons. The minimum Gasteiger partial charge on any atom is -0.459 e. The number of hydrogen-bond acceptors (Lipinski definition) is 4. The summed E-state index contributed by atoms with van der Waals surface area (Å²) in [6.07, 6.45) is 6.32. The molecule has 2 amide bonds.